The lowest BCUT2D eigenvalue weighted by Crippen LogP contribution is -2.38. The fourth-order valence-electron chi connectivity index (χ4n) is 2.20. The molecule has 1 aliphatic heterocycles. The lowest BCUT2D eigenvalue weighted by molar-refractivity contribution is -0.132. The van der Waals surface area contributed by atoms with Crippen LogP contribution in [0.2, 0.25) is 0 Å². The topological polar surface area (TPSA) is 52.6 Å². The Labute approximate surface area is 101 Å². The van der Waals surface area contributed by atoms with Gasteiger partial charge in [0.25, 0.3) is 0 Å². The van der Waals surface area contributed by atoms with E-state index < -0.39 is 0 Å². The second-order valence-corrected chi connectivity index (χ2v) is 4.36. The van der Waals surface area contributed by atoms with Gasteiger partial charge in [-0.25, -0.2) is 0 Å². The number of nitrogens with zero attached hydrogens (tertiary/aromatic N) is 1. The molecular weight excluding hydrogens is 216 g/mol. The van der Waals surface area contributed by atoms with Gasteiger partial charge in [0.15, 0.2) is 0 Å². The van der Waals surface area contributed by atoms with Crippen molar-refractivity contribution in [3.05, 3.63) is 35.9 Å². The average molecular weight is 234 g/mol. The molecule has 1 aromatic rings. The molecule has 2 rings (SSSR count). The molecule has 1 aromatic carbocycles. The molecule has 2 atom stereocenters. The number of hydrogen-bond acceptors (Lipinski definition) is 3. The molecule has 1 fully saturated rings. The van der Waals surface area contributed by atoms with Gasteiger partial charge in [-0.3, -0.25) is 4.79 Å². The number of likely N-dealkylation sites (tertiary alicyclic amines) is 1. The number of carbonyl (C=O) groups is 1. The van der Waals surface area contributed by atoms with E-state index in [0.717, 1.165) is 5.56 Å². The molecular formula is C13H18N2O2. The summed E-state index contributed by atoms with van der Waals surface area (Å²) in [6.45, 7) is 1.09. The van der Waals surface area contributed by atoms with Gasteiger partial charge < -0.3 is 15.3 Å². The summed E-state index contributed by atoms with van der Waals surface area (Å²) in [6.07, 6.45) is 0.309. The van der Waals surface area contributed by atoms with E-state index in [9.17, 15) is 9.90 Å². The molecule has 0 radical (unpaired) electrons. The first-order valence-corrected chi connectivity index (χ1v) is 5.91. The normalized spacial score (nSPS) is 21.5. The van der Waals surface area contributed by atoms with Gasteiger partial charge in [-0.15, -0.1) is 0 Å². The smallest absolute Gasteiger partial charge is 0.244 e. The Morgan fingerprint density at radius 3 is 2.71 bits per heavy atom. The molecule has 17 heavy (non-hydrogen) atoms. The lowest BCUT2D eigenvalue weighted by Gasteiger charge is -2.23. The van der Waals surface area contributed by atoms with Gasteiger partial charge in [-0.2, -0.15) is 0 Å². The maximum absolute atomic E-state index is 12.3. The van der Waals surface area contributed by atoms with E-state index in [4.69, 9.17) is 0 Å². The summed E-state index contributed by atoms with van der Waals surface area (Å²) >= 11 is 0. The van der Waals surface area contributed by atoms with Crippen LogP contribution in [0.4, 0.5) is 0 Å². The maximum Gasteiger partial charge on any atom is 0.244 e. The van der Waals surface area contributed by atoms with Crippen LogP contribution in [0.3, 0.4) is 0 Å². The van der Waals surface area contributed by atoms with Crippen LogP contribution in [0, 0.1) is 0 Å². The Morgan fingerprint density at radius 2 is 2.18 bits per heavy atom. The molecule has 4 nitrogen and oxygen atoms in total. The molecule has 1 heterocycles. The van der Waals surface area contributed by atoms with Gasteiger partial charge in [0.2, 0.25) is 5.91 Å². The molecule has 0 spiro atoms. The maximum atomic E-state index is 12.3. The van der Waals surface area contributed by atoms with E-state index in [1.807, 2.05) is 30.3 Å². The fourth-order valence-corrected chi connectivity index (χ4v) is 2.20. The Balaban J connectivity index is 2.11. The number of aliphatic hydroxyl groups excluding tert-OH is 1. The first-order chi connectivity index (χ1) is 8.22. The van der Waals surface area contributed by atoms with E-state index in [-0.39, 0.29) is 18.1 Å². The van der Waals surface area contributed by atoms with Crippen LogP contribution in [-0.2, 0) is 4.79 Å². The summed E-state index contributed by atoms with van der Waals surface area (Å²) in [7, 11) is 1.78. The Kier molecular flexibility index (Phi) is 3.76. The van der Waals surface area contributed by atoms with E-state index in [2.05, 4.69) is 5.32 Å². The summed E-state index contributed by atoms with van der Waals surface area (Å²) in [6, 6.07) is 9.33. The van der Waals surface area contributed by atoms with E-state index in [0.29, 0.717) is 19.5 Å². The first kappa shape index (κ1) is 12.1. The van der Waals surface area contributed by atoms with Gasteiger partial charge >= 0.3 is 0 Å². The van der Waals surface area contributed by atoms with Crippen LogP contribution in [0.15, 0.2) is 30.3 Å². The van der Waals surface area contributed by atoms with Crippen molar-refractivity contribution in [1.29, 1.82) is 0 Å². The number of benzene rings is 1. The summed E-state index contributed by atoms with van der Waals surface area (Å²) in [5.74, 6) is 0.0373. The predicted octanol–water partition coefficient (Wildman–Crippen LogP) is 0.540. The molecule has 1 amide bonds. The third kappa shape index (κ3) is 2.65. The monoisotopic (exact) mass is 234 g/mol. The Bertz CT molecular complexity index is 380. The summed E-state index contributed by atoms with van der Waals surface area (Å²) in [4.78, 5) is 14.0. The standard InChI is InChI=1S/C13H18N2O2/c1-14-12(10-5-3-2-4-6-10)13(17)15-8-7-11(16)9-15/h2-6,11-12,14,16H,7-9H2,1H3/t11-,12-/m0/s1. The largest absolute Gasteiger partial charge is 0.391 e. The van der Waals surface area contributed by atoms with Crippen molar-refractivity contribution in [3.8, 4) is 0 Å². The molecule has 1 saturated heterocycles. The number of nitrogens with one attached hydrogen (secondary N) is 1. The zero-order valence-corrected chi connectivity index (χ0v) is 9.97. The Hall–Kier alpha value is -1.39. The van der Waals surface area contributed by atoms with Gasteiger partial charge in [0.05, 0.1) is 6.10 Å². The zero-order chi connectivity index (χ0) is 12.3. The molecule has 1 aliphatic rings. The third-order valence-corrected chi connectivity index (χ3v) is 3.14. The number of amides is 1. The van der Waals surface area contributed by atoms with Crippen molar-refractivity contribution in [2.75, 3.05) is 20.1 Å². The summed E-state index contributed by atoms with van der Waals surface area (Å²) < 4.78 is 0. The highest BCUT2D eigenvalue weighted by Crippen LogP contribution is 2.18. The van der Waals surface area contributed by atoms with E-state index >= 15 is 0 Å². The zero-order valence-electron chi connectivity index (χ0n) is 9.97. The van der Waals surface area contributed by atoms with E-state index in [1.165, 1.54) is 0 Å². The van der Waals surface area contributed by atoms with Crippen molar-refractivity contribution in [2.24, 2.45) is 0 Å². The molecule has 0 saturated carbocycles. The lowest BCUT2D eigenvalue weighted by atomic mass is 10.1. The average Bonchev–Trinajstić information content (AvgIpc) is 2.78. The van der Waals surface area contributed by atoms with Gasteiger partial charge in [0, 0.05) is 13.1 Å². The first-order valence-electron chi connectivity index (χ1n) is 5.91. The minimum absolute atomic E-state index is 0.0373. The molecule has 2 N–H and O–H groups in total. The van der Waals surface area contributed by atoms with Crippen LogP contribution in [-0.4, -0.2) is 42.2 Å². The minimum atomic E-state index is -0.368. The van der Waals surface area contributed by atoms with Gasteiger partial charge in [0.1, 0.15) is 6.04 Å². The van der Waals surface area contributed by atoms with Crippen LogP contribution in [0.5, 0.6) is 0 Å². The predicted molar refractivity (Wildman–Crippen MR) is 65.4 cm³/mol. The van der Waals surface area contributed by atoms with Crippen molar-refractivity contribution < 1.29 is 9.90 Å². The summed E-state index contributed by atoms with van der Waals surface area (Å²) in [5.41, 5.74) is 0.960. The van der Waals surface area contributed by atoms with Gasteiger partial charge in [-0.05, 0) is 19.0 Å². The highest BCUT2D eigenvalue weighted by molar-refractivity contribution is 5.83. The Morgan fingerprint density at radius 1 is 1.47 bits per heavy atom. The van der Waals surface area contributed by atoms with Crippen molar-refractivity contribution in [3.63, 3.8) is 0 Å². The molecule has 0 bridgehead atoms. The molecule has 0 unspecified atom stereocenters. The van der Waals surface area contributed by atoms with Crippen molar-refractivity contribution in [1.82, 2.24) is 10.2 Å². The fraction of sp³-hybridized carbons (Fsp3) is 0.462. The third-order valence-electron chi connectivity index (χ3n) is 3.14. The SMILES string of the molecule is CN[C@H](C(=O)N1CC[C@H](O)C1)c1ccccc1. The van der Waals surface area contributed by atoms with Gasteiger partial charge in [-0.1, -0.05) is 30.3 Å². The number of likely N-dealkylation sites (N-methyl/N-ethyl adjacent to an activating group) is 1. The molecule has 0 aliphatic carbocycles. The van der Waals surface area contributed by atoms with Crippen LogP contribution in [0.1, 0.15) is 18.0 Å². The molecule has 0 aromatic heterocycles. The number of rotatable bonds is 3. The number of hydrogen-bond donors (Lipinski definition) is 2. The molecule has 92 valence electrons. The van der Waals surface area contributed by atoms with Crippen LogP contribution in [0.25, 0.3) is 0 Å². The molecule has 4 heteroatoms. The highest BCUT2D eigenvalue weighted by atomic mass is 16.3. The minimum Gasteiger partial charge on any atom is -0.391 e. The van der Waals surface area contributed by atoms with Crippen molar-refractivity contribution in [2.45, 2.75) is 18.6 Å². The second-order valence-electron chi connectivity index (χ2n) is 4.36. The highest BCUT2D eigenvalue weighted by Gasteiger charge is 2.29. The van der Waals surface area contributed by atoms with E-state index in [1.54, 1.807) is 11.9 Å². The van der Waals surface area contributed by atoms with Crippen LogP contribution < -0.4 is 5.32 Å². The number of carbonyl (C=O) groups excluding carboxylic acids is 1. The number of aliphatic hydroxyl groups is 1. The summed E-state index contributed by atoms with van der Waals surface area (Å²) in [5, 5.41) is 12.5. The van der Waals surface area contributed by atoms with Crippen molar-refractivity contribution >= 4 is 5.91 Å². The number of β-amino-alcohol motifs (C(OH)–C–C–N with tert-alkyl or cyclic N) is 1. The quantitative estimate of drug-likeness (QED) is 0.802. The van der Waals surface area contributed by atoms with Crippen LogP contribution >= 0.6 is 0 Å². The second kappa shape index (κ2) is 5.29.